The molecule has 0 aliphatic heterocycles. The third-order valence-corrected chi connectivity index (χ3v) is 1.99. The van der Waals surface area contributed by atoms with Gasteiger partial charge in [0.1, 0.15) is 0 Å². The molecule has 0 aliphatic rings. The predicted octanol–water partition coefficient (Wildman–Crippen LogP) is 2.56. The summed E-state index contributed by atoms with van der Waals surface area (Å²) in [6.45, 7) is 6.33. The van der Waals surface area contributed by atoms with Crippen LogP contribution < -0.4 is 0 Å². The van der Waals surface area contributed by atoms with Crippen LogP contribution >= 0.6 is 0 Å². The van der Waals surface area contributed by atoms with E-state index >= 15 is 0 Å². The number of carbonyl (C=O) groups excluding carboxylic acids is 1. The minimum Gasteiger partial charge on any atom is -0.542 e. The molecule has 0 aromatic heterocycles. The van der Waals surface area contributed by atoms with Crippen molar-refractivity contribution in [3.8, 4) is 0 Å². The van der Waals surface area contributed by atoms with Crippen molar-refractivity contribution in [2.75, 3.05) is 0 Å². The fourth-order valence-corrected chi connectivity index (χ4v) is 0.798. The van der Waals surface area contributed by atoms with Crippen LogP contribution in [0.5, 0.6) is 0 Å². The maximum atomic E-state index is 10.1. The fourth-order valence-electron chi connectivity index (χ4n) is 0.798. The first-order valence-corrected chi connectivity index (χ1v) is 4.08. The summed E-state index contributed by atoms with van der Waals surface area (Å²) < 4.78 is 0. The monoisotopic (exact) mass is 230 g/mol. The molecule has 2 atom stereocenters. The first kappa shape index (κ1) is 14.3. The van der Waals surface area contributed by atoms with Gasteiger partial charge >= 0.3 is 0 Å². The molecule has 0 spiro atoms. The number of hydrogen-bond donors (Lipinski definition) is 0. The maximum Gasteiger partial charge on any atom is 0 e. The van der Waals surface area contributed by atoms with Crippen LogP contribution in [0.1, 0.15) is 40.0 Å². The van der Waals surface area contributed by atoms with E-state index in [0.29, 0.717) is 0 Å². The molecule has 0 saturated heterocycles. The molecule has 11 heavy (non-hydrogen) atoms. The normalized spacial score (nSPS) is 14.8. The molecule has 0 fully saturated rings. The molecule has 0 aromatic carbocycles. The molecule has 2 heteroatoms. The quantitative estimate of drug-likeness (QED) is 0.663. The number of rotatable bonds is 5. The molecule has 0 aromatic rings. The topological polar surface area (TPSA) is 17.1 Å². The van der Waals surface area contributed by atoms with E-state index in [2.05, 4.69) is 13.8 Å². The van der Waals surface area contributed by atoms with Crippen molar-refractivity contribution < 1.29 is 37.5 Å². The maximum absolute atomic E-state index is 10.1. The predicted molar refractivity (Wildman–Crippen MR) is 43.5 cm³/mol. The Kier molecular flexibility index (Phi) is 11.5. The Morgan fingerprint density at radius 1 is 1.27 bits per heavy atom. The molecular formula is C9H17OY-. The van der Waals surface area contributed by atoms with Gasteiger partial charge in [-0.3, -0.25) is 6.29 Å². The summed E-state index contributed by atoms with van der Waals surface area (Å²) in [5.74, 6) is 0.893. The van der Waals surface area contributed by atoms with Crippen molar-refractivity contribution in [2.24, 2.45) is 11.8 Å². The Hall–Kier alpha value is 0.774. The fraction of sp³-hybridized carbons (Fsp3) is 0.889. The second kappa shape index (κ2) is 8.87. The van der Waals surface area contributed by atoms with E-state index in [1.54, 1.807) is 0 Å². The van der Waals surface area contributed by atoms with Gasteiger partial charge < -0.3 is 4.79 Å². The van der Waals surface area contributed by atoms with Crippen LogP contribution in [-0.2, 0) is 37.5 Å². The van der Waals surface area contributed by atoms with Crippen LogP contribution in [0.4, 0.5) is 0 Å². The van der Waals surface area contributed by atoms with Crippen LogP contribution in [0, 0.1) is 11.8 Å². The van der Waals surface area contributed by atoms with E-state index in [-0.39, 0.29) is 38.6 Å². The first-order valence-electron chi connectivity index (χ1n) is 4.08. The Bertz CT molecular complexity index is 93.6. The molecule has 1 radical (unpaired) electrons. The molecular weight excluding hydrogens is 213 g/mol. The summed E-state index contributed by atoms with van der Waals surface area (Å²) in [5, 5.41) is 0. The largest absolute Gasteiger partial charge is 0.542 e. The third kappa shape index (κ3) is 8.68. The zero-order valence-corrected chi connectivity index (χ0v) is 10.6. The molecule has 0 amide bonds. The Balaban J connectivity index is 0. The molecule has 0 saturated carbocycles. The second-order valence-corrected chi connectivity index (χ2v) is 3.11. The van der Waals surface area contributed by atoms with Crippen LogP contribution in [0.25, 0.3) is 0 Å². The van der Waals surface area contributed by atoms with Gasteiger partial charge in [-0.15, -0.1) is 5.92 Å². The second-order valence-electron chi connectivity index (χ2n) is 3.11. The van der Waals surface area contributed by atoms with Crippen molar-refractivity contribution in [3.05, 3.63) is 0 Å². The SMILES string of the molecule is CCC(C)CCC(C)[C-]=O.[Y]. The average Bonchev–Trinajstić information content (AvgIpc) is 1.99. The summed E-state index contributed by atoms with van der Waals surface area (Å²) in [6.07, 6.45) is 5.37. The van der Waals surface area contributed by atoms with E-state index in [1.165, 1.54) is 6.42 Å². The van der Waals surface area contributed by atoms with Crippen LogP contribution in [0.3, 0.4) is 0 Å². The van der Waals surface area contributed by atoms with Gasteiger partial charge in [0.05, 0.1) is 0 Å². The Morgan fingerprint density at radius 2 is 1.82 bits per heavy atom. The van der Waals surface area contributed by atoms with Crippen LogP contribution in [0.2, 0.25) is 0 Å². The van der Waals surface area contributed by atoms with Gasteiger partial charge in [-0.05, 0) is 5.92 Å². The van der Waals surface area contributed by atoms with Gasteiger partial charge in [-0.1, -0.05) is 40.0 Å². The standard InChI is InChI=1S/C9H17O.Y/c1-4-8(2)5-6-9(3)7-10;/h8-9H,4-6H2,1-3H3;/q-1;. The van der Waals surface area contributed by atoms with Gasteiger partial charge in [0, 0.05) is 32.7 Å². The van der Waals surface area contributed by atoms with Crippen LogP contribution in [0.15, 0.2) is 0 Å². The van der Waals surface area contributed by atoms with E-state index in [0.717, 1.165) is 18.8 Å². The minimum absolute atomic E-state index is 0. The van der Waals surface area contributed by atoms with E-state index in [1.807, 2.05) is 13.2 Å². The summed E-state index contributed by atoms with van der Waals surface area (Å²) in [7, 11) is 0. The van der Waals surface area contributed by atoms with Gasteiger partial charge in [-0.25, -0.2) is 0 Å². The van der Waals surface area contributed by atoms with E-state index < -0.39 is 0 Å². The first-order chi connectivity index (χ1) is 4.70. The summed E-state index contributed by atoms with van der Waals surface area (Å²) in [4.78, 5) is 10.1. The average molecular weight is 230 g/mol. The van der Waals surface area contributed by atoms with Crippen molar-refractivity contribution in [3.63, 3.8) is 0 Å². The minimum atomic E-state index is 0. The molecule has 0 bridgehead atoms. The van der Waals surface area contributed by atoms with E-state index in [9.17, 15) is 4.79 Å². The molecule has 0 aliphatic carbocycles. The van der Waals surface area contributed by atoms with Crippen molar-refractivity contribution in [1.29, 1.82) is 0 Å². The van der Waals surface area contributed by atoms with Crippen molar-refractivity contribution in [1.82, 2.24) is 0 Å². The number of hydrogen-bond acceptors (Lipinski definition) is 1. The Morgan fingerprint density at radius 3 is 2.18 bits per heavy atom. The van der Waals surface area contributed by atoms with Gasteiger partial charge in [0.25, 0.3) is 0 Å². The zero-order valence-electron chi connectivity index (χ0n) is 7.76. The smallest absolute Gasteiger partial charge is 0 e. The molecule has 1 nitrogen and oxygen atoms in total. The van der Waals surface area contributed by atoms with Gasteiger partial charge in [0.2, 0.25) is 0 Å². The van der Waals surface area contributed by atoms with Crippen LogP contribution in [-0.4, -0.2) is 6.29 Å². The molecule has 63 valence electrons. The van der Waals surface area contributed by atoms with E-state index in [4.69, 9.17) is 0 Å². The molecule has 0 N–H and O–H groups in total. The van der Waals surface area contributed by atoms with Gasteiger partial charge in [0.15, 0.2) is 0 Å². The molecule has 0 rings (SSSR count). The molecule has 0 heterocycles. The van der Waals surface area contributed by atoms with Gasteiger partial charge in [-0.2, -0.15) is 0 Å². The van der Waals surface area contributed by atoms with Crippen molar-refractivity contribution in [2.45, 2.75) is 40.0 Å². The summed E-state index contributed by atoms with van der Waals surface area (Å²) in [6, 6.07) is 0. The zero-order chi connectivity index (χ0) is 7.98. The van der Waals surface area contributed by atoms with Crippen molar-refractivity contribution >= 4 is 6.29 Å². The summed E-state index contributed by atoms with van der Waals surface area (Å²) in [5.41, 5.74) is 0. The molecule has 2 unspecified atom stereocenters. The summed E-state index contributed by atoms with van der Waals surface area (Å²) >= 11 is 0. The Labute approximate surface area is 95.2 Å². The third-order valence-electron chi connectivity index (χ3n) is 1.99.